The number of amides is 2. The Hall–Kier alpha value is -5.96. The minimum atomic E-state index is -0.135. The van der Waals surface area contributed by atoms with E-state index in [0.717, 1.165) is 56.8 Å². The van der Waals surface area contributed by atoms with Gasteiger partial charge in [0.15, 0.2) is 11.3 Å². The van der Waals surface area contributed by atoms with Gasteiger partial charge in [0, 0.05) is 61.7 Å². The maximum absolute atomic E-state index is 12.3. The predicted molar refractivity (Wildman–Crippen MR) is 240 cm³/mol. The molecule has 4 heterocycles. The summed E-state index contributed by atoms with van der Waals surface area (Å²) in [5, 5.41) is 8.99. The van der Waals surface area contributed by atoms with Crippen LogP contribution in [0.4, 0.5) is 0 Å². The van der Waals surface area contributed by atoms with E-state index in [9.17, 15) is 19.2 Å². The summed E-state index contributed by atoms with van der Waals surface area (Å²) in [4.78, 5) is 59.3. The van der Waals surface area contributed by atoms with Crippen LogP contribution in [0.3, 0.4) is 0 Å². The third kappa shape index (κ3) is 10.2. The van der Waals surface area contributed by atoms with Crippen LogP contribution in [0.15, 0.2) is 65.1 Å². The highest BCUT2D eigenvalue weighted by molar-refractivity contribution is 9.10. The van der Waals surface area contributed by atoms with Crippen molar-refractivity contribution in [2.45, 2.75) is 73.1 Å². The molecule has 6 aromatic rings. The Morgan fingerprint density at radius 2 is 1.11 bits per heavy atom. The van der Waals surface area contributed by atoms with Gasteiger partial charge in [0.1, 0.15) is 11.4 Å². The first-order valence-corrected chi connectivity index (χ1v) is 21.6. The summed E-state index contributed by atoms with van der Waals surface area (Å²) in [6.45, 7) is 14.4. The van der Waals surface area contributed by atoms with Crippen LogP contribution in [-0.2, 0) is 19.1 Å². The second-order valence-corrected chi connectivity index (χ2v) is 17.2. The van der Waals surface area contributed by atoms with E-state index in [-0.39, 0.29) is 41.5 Å². The van der Waals surface area contributed by atoms with Crippen LogP contribution in [0.1, 0.15) is 98.8 Å². The van der Waals surface area contributed by atoms with Gasteiger partial charge in [0.05, 0.1) is 36.4 Å². The number of halogens is 1. The van der Waals surface area contributed by atoms with Crippen molar-refractivity contribution in [3.63, 3.8) is 0 Å². The summed E-state index contributed by atoms with van der Waals surface area (Å²) in [7, 11) is 6.85. The van der Waals surface area contributed by atoms with Gasteiger partial charge in [-0.2, -0.15) is 10.2 Å². The molecule has 2 saturated carbocycles. The van der Waals surface area contributed by atoms with E-state index < -0.39 is 0 Å². The van der Waals surface area contributed by atoms with Crippen molar-refractivity contribution in [2.24, 2.45) is 11.8 Å². The second-order valence-electron chi connectivity index (χ2n) is 16.3. The Morgan fingerprint density at radius 3 is 1.58 bits per heavy atom. The second kappa shape index (κ2) is 19.0. The normalized spacial score (nSPS) is 17.3. The van der Waals surface area contributed by atoms with E-state index in [1.165, 1.54) is 20.9 Å². The fourth-order valence-corrected chi connectivity index (χ4v) is 7.67. The van der Waals surface area contributed by atoms with Crippen molar-refractivity contribution in [1.29, 1.82) is 0 Å². The van der Waals surface area contributed by atoms with E-state index in [1.807, 2.05) is 65.8 Å². The molecule has 0 spiro atoms. The molecule has 2 aliphatic carbocycles. The van der Waals surface area contributed by atoms with E-state index >= 15 is 0 Å². The number of aromatic nitrogens is 6. The fourth-order valence-electron chi connectivity index (χ4n) is 7.42. The van der Waals surface area contributed by atoms with Crippen molar-refractivity contribution in [3.8, 4) is 11.3 Å². The maximum Gasteiger partial charge on any atom is 0.309 e. The lowest BCUT2D eigenvalue weighted by atomic mass is 10.00. The lowest BCUT2D eigenvalue weighted by molar-refractivity contribution is -0.145. The number of carbonyl (C=O) groups is 4. The van der Waals surface area contributed by atoms with Gasteiger partial charge in [-0.15, -0.1) is 0 Å². The van der Waals surface area contributed by atoms with Gasteiger partial charge in [-0.05, 0) is 114 Å². The molecular weight excluding hydrogens is 852 g/mol. The van der Waals surface area contributed by atoms with Gasteiger partial charge >= 0.3 is 11.9 Å². The standard InChI is InChI=1S/C23H26N4O3.C13H15BrO2.C11H14N4O/c1-6-30-23(29)18-11-17(18)15-7-8-16(13(2)9-15)19-12-21-24-20(22(28)26(4)5)10-14(3)27(21)25-19;1-3-16-13(15)11-7-10(11)9-4-5-12(14)8(2)6-9;1-7-5-10-12-9(11(16)14(3)4)6-8(2)15(10)13-7/h7-10,12,17-18H,6,11H2,1-5H3;4-6,10-11H,3,7H2,1-2H3;5-6H,1-4H3/t17-,18+;10?,11-;/m01./s1. The number of rotatable bonds is 9. The number of hydrogen-bond acceptors (Lipinski definition) is 10. The molecule has 2 aliphatic rings. The van der Waals surface area contributed by atoms with Crippen LogP contribution in [0.2, 0.25) is 0 Å². The third-order valence-corrected chi connectivity index (χ3v) is 11.8. The number of fused-ring (bicyclic) bond motifs is 2. The monoisotopic (exact) mass is 906 g/mol. The number of aryl methyl sites for hydroxylation is 5. The molecule has 0 N–H and O–H groups in total. The first-order valence-electron chi connectivity index (χ1n) is 20.8. The van der Waals surface area contributed by atoms with Crippen molar-refractivity contribution in [1.82, 2.24) is 39.0 Å². The SMILES string of the molecule is CCOC(=O)[C@@H]1CC1c1ccc(Br)c(C)c1.CCOC(=O)[C@@H]1C[C@H]1c1ccc(-c2cc3nc(C(=O)N(C)C)cc(C)n3n2)c(C)c1.Cc1cc2nc(C(=O)N(C)C)cc(C)n2n1. The van der Waals surface area contributed by atoms with Crippen molar-refractivity contribution in [2.75, 3.05) is 41.4 Å². The van der Waals surface area contributed by atoms with Gasteiger partial charge < -0.3 is 19.3 Å². The van der Waals surface area contributed by atoms with Crippen molar-refractivity contribution < 1.29 is 28.7 Å². The molecule has 8 rings (SSSR count). The molecule has 15 heteroatoms. The Morgan fingerprint density at radius 1 is 0.645 bits per heavy atom. The van der Waals surface area contributed by atoms with Gasteiger partial charge in [-0.25, -0.2) is 19.0 Å². The van der Waals surface area contributed by atoms with Gasteiger partial charge in [-0.1, -0.05) is 46.3 Å². The summed E-state index contributed by atoms with van der Waals surface area (Å²) in [6, 6.07) is 19.8. The minimum absolute atomic E-state index is 0.0232. The van der Waals surface area contributed by atoms with Crippen molar-refractivity contribution >= 4 is 51.0 Å². The lowest BCUT2D eigenvalue weighted by Gasteiger charge is -2.10. The summed E-state index contributed by atoms with van der Waals surface area (Å²) >= 11 is 3.48. The highest BCUT2D eigenvalue weighted by Crippen LogP contribution is 2.49. The number of hydrogen-bond donors (Lipinski definition) is 0. The molecular formula is C47H55BrN8O6. The predicted octanol–water partition coefficient (Wildman–Crippen LogP) is 7.85. The smallest absolute Gasteiger partial charge is 0.309 e. The van der Waals surface area contributed by atoms with E-state index in [0.29, 0.717) is 41.8 Å². The quantitative estimate of drug-likeness (QED) is 0.131. The molecule has 2 fully saturated rings. The topological polar surface area (TPSA) is 154 Å². The molecule has 0 saturated heterocycles. The van der Waals surface area contributed by atoms with Crippen LogP contribution >= 0.6 is 15.9 Å². The first-order chi connectivity index (χ1) is 29.4. The van der Waals surface area contributed by atoms with Crippen molar-refractivity contribution in [3.05, 3.63) is 116 Å². The molecule has 0 bridgehead atoms. The Balaban J connectivity index is 0.000000169. The summed E-state index contributed by atoms with van der Waals surface area (Å²) in [6.07, 6.45) is 1.78. The van der Waals surface area contributed by atoms with Crippen LogP contribution < -0.4 is 0 Å². The zero-order valence-corrected chi connectivity index (χ0v) is 38.9. The van der Waals surface area contributed by atoms with E-state index in [2.05, 4.69) is 62.2 Å². The van der Waals surface area contributed by atoms with Gasteiger partial charge in [0.2, 0.25) is 0 Å². The first kappa shape index (κ1) is 45.6. The molecule has 14 nitrogen and oxygen atoms in total. The zero-order chi connectivity index (χ0) is 45.2. The summed E-state index contributed by atoms with van der Waals surface area (Å²) in [5.41, 5.74) is 11.4. The van der Waals surface area contributed by atoms with Crippen LogP contribution in [0, 0.1) is 46.5 Å². The fraction of sp³-hybridized carbons (Fsp3) is 0.404. The lowest BCUT2D eigenvalue weighted by Crippen LogP contribution is -2.23. The molecule has 4 atom stereocenters. The third-order valence-electron chi connectivity index (χ3n) is 10.9. The summed E-state index contributed by atoms with van der Waals surface area (Å²) < 4.78 is 14.8. The van der Waals surface area contributed by atoms with Crippen LogP contribution in [0.25, 0.3) is 22.6 Å². The molecule has 2 amide bonds. The molecule has 1 unspecified atom stereocenters. The highest BCUT2D eigenvalue weighted by Gasteiger charge is 2.46. The van der Waals surface area contributed by atoms with Crippen LogP contribution in [0.5, 0.6) is 0 Å². The van der Waals surface area contributed by atoms with Crippen LogP contribution in [-0.4, -0.2) is 104 Å². The Kier molecular flexibility index (Phi) is 13.9. The molecule has 0 aliphatic heterocycles. The number of nitrogens with zero attached hydrogens (tertiary/aromatic N) is 8. The maximum atomic E-state index is 12.3. The molecule has 4 aromatic heterocycles. The zero-order valence-electron chi connectivity index (χ0n) is 37.3. The molecule has 2 aromatic carbocycles. The average molecular weight is 908 g/mol. The molecule has 326 valence electrons. The Bertz CT molecular complexity index is 2670. The van der Waals surface area contributed by atoms with E-state index in [4.69, 9.17) is 14.6 Å². The largest absolute Gasteiger partial charge is 0.466 e. The van der Waals surface area contributed by atoms with Gasteiger partial charge in [0.25, 0.3) is 11.8 Å². The number of benzene rings is 2. The number of ether oxygens (including phenoxy) is 2. The Labute approximate surface area is 370 Å². The molecule has 0 radical (unpaired) electrons. The summed E-state index contributed by atoms with van der Waals surface area (Å²) in [5.74, 6) is 0.286. The van der Waals surface area contributed by atoms with E-state index in [1.54, 1.807) is 49.4 Å². The highest BCUT2D eigenvalue weighted by atomic mass is 79.9. The molecule has 62 heavy (non-hydrogen) atoms. The average Bonchev–Trinajstić information content (AvgIpc) is 4.13. The minimum Gasteiger partial charge on any atom is -0.466 e. The van der Waals surface area contributed by atoms with Gasteiger partial charge in [-0.3, -0.25) is 19.2 Å². The number of esters is 2. The number of carbonyl (C=O) groups excluding carboxylic acids is 4.